The minimum Gasteiger partial charge on any atom is -0.423 e. The molecule has 146 valence electrons. The van der Waals surface area contributed by atoms with Crippen LogP contribution < -0.4 is 9.47 Å². The molecule has 2 aromatic rings. The van der Waals surface area contributed by atoms with Crippen LogP contribution in [-0.4, -0.2) is 11.9 Å². The molecular formula is C24H26O4. The lowest BCUT2D eigenvalue weighted by Gasteiger charge is -2.17. The van der Waals surface area contributed by atoms with Gasteiger partial charge in [-0.2, -0.15) is 0 Å². The Morgan fingerprint density at radius 3 is 1.82 bits per heavy atom. The van der Waals surface area contributed by atoms with Crippen LogP contribution in [-0.2, 0) is 22.4 Å². The average molecular weight is 378 g/mol. The molecule has 28 heavy (non-hydrogen) atoms. The summed E-state index contributed by atoms with van der Waals surface area (Å²) in [7, 11) is 0. The van der Waals surface area contributed by atoms with Crippen LogP contribution in [0, 0.1) is 0 Å². The van der Waals surface area contributed by atoms with Crippen molar-refractivity contribution in [3.63, 3.8) is 0 Å². The van der Waals surface area contributed by atoms with Gasteiger partial charge in [-0.15, -0.1) is 0 Å². The Morgan fingerprint density at radius 1 is 0.786 bits per heavy atom. The van der Waals surface area contributed by atoms with E-state index in [0.717, 1.165) is 35.1 Å². The smallest absolute Gasteiger partial charge is 0.338 e. The summed E-state index contributed by atoms with van der Waals surface area (Å²) in [6, 6.07) is 11.1. The molecule has 0 amide bonds. The van der Waals surface area contributed by atoms with E-state index in [2.05, 4.69) is 20.1 Å². The molecule has 4 heteroatoms. The first-order chi connectivity index (χ1) is 13.3. The summed E-state index contributed by atoms with van der Waals surface area (Å²) < 4.78 is 10.8. The lowest BCUT2D eigenvalue weighted by atomic mass is 9.92. The predicted octanol–water partition coefficient (Wildman–Crippen LogP) is 5.44. The summed E-state index contributed by atoms with van der Waals surface area (Å²) in [5, 5.41) is 0. The van der Waals surface area contributed by atoms with Gasteiger partial charge in [0.25, 0.3) is 0 Å². The number of hydrogen-bond donors (Lipinski definition) is 0. The van der Waals surface area contributed by atoms with E-state index in [-0.39, 0.29) is 0 Å². The van der Waals surface area contributed by atoms with E-state index < -0.39 is 11.9 Å². The Kier molecular flexibility index (Phi) is 6.94. The number of benzene rings is 2. The molecular weight excluding hydrogens is 352 g/mol. The zero-order valence-electron chi connectivity index (χ0n) is 16.9. The summed E-state index contributed by atoms with van der Waals surface area (Å²) in [6.07, 6.45) is 1.54. The van der Waals surface area contributed by atoms with E-state index in [4.69, 9.17) is 9.47 Å². The summed E-state index contributed by atoms with van der Waals surface area (Å²) in [5.41, 5.74) is 4.91. The molecule has 0 aliphatic carbocycles. The van der Waals surface area contributed by atoms with Gasteiger partial charge in [-0.05, 0) is 67.1 Å². The maximum atomic E-state index is 11.9. The number of ether oxygens (including phenoxy) is 2. The van der Waals surface area contributed by atoms with Crippen molar-refractivity contribution in [1.29, 1.82) is 0 Å². The van der Waals surface area contributed by atoms with Gasteiger partial charge in [0.1, 0.15) is 11.5 Å². The second-order valence-electron chi connectivity index (χ2n) is 6.64. The maximum absolute atomic E-state index is 11.9. The zero-order chi connectivity index (χ0) is 20.8. The van der Waals surface area contributed by atoms with Crippen LogP contribution >= 0.6 is 0 Å². The predicted molar refractivity (Wildman–Crippen MR) is 112 cm³/mol. The first-order valence-electron chi connectivity index (χ1n) is 9.29. The van der Waals surface area contributed by atoms with Crippen molar-refractivity contribution >= 4 is 11.9 Å². The van der Waals surface area contributed by atoms with Gasteiger partial charge in [-0.25, -0.2) is 9.59 Å². The summed E-state index contributed by atoms with van der Waals surface area (Å²) in [4.78, 5) is 23.6. The van der Waals surface area contributed by atoms with Gasteiger partial charge in [0.2, 0.25) is 0 Å². The molecule has 0 aliphatic heterocycles. The molecule has 0 saturated heterocycles. The monoisotopic (exact) mass is 378 g/mol. The Hall–Kier alpha value is -3.14. The summed E-state index contributed by atoms with van der Waals surface area (Å²) in [6.45, 7) is 14.6. The molecule has 2 rings (SSSR count). The third kappa shape index (κ3) is 4.77. The SMILES string of the molecule is C=C(C)C(=O)Oc1ccc(-c2ccc(OC(=O)C(=C)C)c(CC)c2CC)cc1. The molecule has 0 fully saturated rings. The molecule has 0 N–H and O–H groups in total. The van der Waals surface area contributed by atoms with Crippen LogP contribution in [0.15, 0.2) is 60.7 Å². The second kappa shape index (κ2) is 9.18. The van der Waals surface area contributed by atoms with Crippen molar-refractivity contribution in [3.05, 3.63) is 71.8 Å². The topological polar surface area (TPSA) is 52.6 Å². The molecule has 0 heterocycles. The van der Waals surface area contributed by atoms with Crippen LogP contribution in [0.2, 0.25) is 0 Å². The standard InChI is InChI=1S/C24H26O4/c1-7-19-20(8-2)22(28-24(26)16(5)6)14-13-21(19)17-9-11-18(12-10-17)27-23(25)15(3)4/h9-14H,3,5,7-8H2,1-2,4,6H3. The third-order valence-corrected chi connectivity index (χ3v) is 4.37. The normalized spacial score (nSPS) is 10.3. The van der Waals surface area contributed by atoms with E-state index in [9.17, 15) is 9.59 Å². The number of carbonyl (C=O) groups excluding carboxylic acids is 2. The molecule has 0 bridgehead atoms. The Balaban J connectivity index is 2.40. The minimum absolute atomic E-state index is 0.352. The van der Waals surface area contributed by atoms with Crippen LogP contribution in [0.3, 0.4) is 0 Å². The largest absolute Gasteiger partial charge is 0.423 e. The number of carbonyl (C=O) groups is 2. The van der Waals surface area contributed by atoms with Crippen LogP contribution in [0.5, 0.6) is 11.5 Å². The first kappa shape index (κ1) is 21.2. The van der Waals surface area contributed by atoms with Crippen molar-refractivity contribution in [1.82, 2.24) is 0 Å². The second-order valence-corrected chi connectivity index (χ2v) is 6.64. The van der Waals surface area contributed by atoms with Gasteiger partial charge < -0.3 is 9.47 Å². The van der Waals surface area contributed by atoms with Crippen molar-refractivity contribution in [2.24, 2.45) is 0 Å². The van der Waals surface area contributed by atoms with E-state index in [0.29, 0.717) is 22.6 Å². The van der Waals surface area contributed by atoms with Crippen LogP contribution in [0.25, 0.3) is 11.1 Å². The van der Waals surface area contributed by atoms with Gasteiger partial charge in [0.15, 0.2) is 0 Å². The van der Waals surface area contributed by atoms with Gasteiger partial charge in [-0.3, -0.25) is 0 Å². The highest BCUT2D eigenvalue weighted by Crippen LogP contribution is 2.34. The van der Waals surface area contributed by atoms with Crippen LogP contribution in [0.1, 0.15) is 38.8 Å². The number of rotatable bonds is 7. The zero-order valence-corrected chi connectivity index (χ0v) is 16.9. The fourth-order valence-electron chi connectivity index (χ4n) is 2.91. The van der Waals surface area contributed by atoms with E-state index in [1.165, 1.54) is 0 Å². The highest BCUT2D eigenvalue weighted by molar-refractivity contribution is 5.89. The van der Waals surface area contributed by atoms with Crippen molar-refractivity contribution in [3.8, 4) is 22.6 Å². The van der Waals surface area contributed by atoms with Gasteiger partial charge in [-0.1, -0.05) is 45.2 Å². The van der Waals surface area contributed by atoms with Crippen molar-refractivity contribution < 1.29 is 19.1 Å². The Morgan fingerprint density at radius 2 is 1.32 bits per heavy atom. The fourth-order valence-corrected chi connectivity index (χ4v) is 2.91. The van der Waals surface area contributed by atoms with E-state index in [1.54, 1.807) is 26.0 Å². The molecule has 0 unspecified atom stereocenters. The molecule has 2 aromatic carbocycles. The average Bonchev–Trinajstić information content (AvgIpc) is 2.67. The summed E-state index contributed by atoms with van der Waals surface area (Å²) >= 11 is 0. The van der Waals surface area contributed by atoms with Crippen molar-refractivity contribution in [2.75, 3.05) is 0 Å². The van der Waals surface area contributed by atoms with E-state index in [1.807, 2.05) is 31.2 Å². The van der Waals surface area contributed by atoms with Crippen LogP contribution in [0.4, 0.5) is 0 Å². The molecule has 0 radical (unpaired) electrons. The number of esters is 2. The fraction of sp³-hybridized carbons (Fsp3) is 0.250. The molecule has 0 atom stereocenters. The quantitative estimate of drug-likeness (QED) is 0.366. The minimum atomic E-state index is -0.445. The summed E-state index contributed by atoms with van der Waals surface area (Å²) in [5.74, 6) is 0.174. The third-order valence-electron chi connectivity index (χ3n) is 4.37. The highest BCUT2D eigenvalue weighted by Gasteiger charge is 2.16. The maximum Gasteiger partial charge on any atom is 0.338 e. The van der Waals surface area contributed by atoms with Gasteiger partial charge in [0, 0.05) is 11.1 Å². The first-order valence-corrected chi connectivity index (χ1v) is 9.29. The van der Waals surface area contributed by atoms with E-state index >= 15 is 0 Å². The molecule has 0 spiro atoms. The lowest BCUT2D eigenvalue weighted by molar-refractivity contribution is -0.131. The highest BCUT2D eigenvalue weighted by atomic mass is 16.5. The molecule has 0 saturated carbocycles. The lowest BCUT2D eigenvalue weighted by Crippen LogP contribution is -2.11. The van der Waals surface area contributed by atoms with Gasteiger partial charge >= 0.3 is 11.9 Å². The Labute approximate surface area is 166 Å². The van der Waals surface area contributed by atoms with Crippen molar-refractivity contribution in [2.45, 2.75) is 40.5 Å². The molecule has 0 aliphatic rings. The van der Waals surface area contributed by atoms with Gasteiger partial charge in [0.05, 0.1) is 0 Å². The number of hydrogen-bond acceptors (Lipinski definition) is 4. The molecule has 4 nitrogen and oxygen atoms in total. The Bertz CT molecular complexity index is 920. The molecule has 0 aromatic heterocycles.